The molecule has 0 amide bonds. The first-order chi connectivity index (χ1) is 8.97. The van der Waals surface area contributed by atoms with Gasteiger partial charge in [0.15, 0.2) is 0 Å². The average molecular weight is 279 g/mol. The van der Waals surface area contributed by atoms with E-state index in [1.54, 1.807) is 22.9 Å². The van der Waals surface area contributed by atoms with Crippen LogP contribution >= 0.6 is 11.6 Å². The summed E-state index contributed by atoms with van der Waals surface area (Å²) in [6.45, 7) is 2.34. The van der Waals surface area contributed by atoms with Crippen molar-refractivity contribution < 1.29 is 4.74 Å². The number of nitrogen functional groups attached to an aromatic ring is 1. The Morgan fingerprint density at radius 3 is 2.74 bits per heavy atom. The molecule has 0 bridgehead atoms. The van der Waals surface area contributed by atoms with Crippen molar-refractivity contribution in [1.82, 2.24) is 9.78 Å². The molecule has 0 atom stereocenters. The van der Waals surface area contributed by atoms with Crippen molar-refractivity contribution in [3.05, 3.63) is 46.2 Å². The maximum absolute atomic E-state index is 7.35. The van der Waals surface area contributed by atoms with Crippen molar-refractivity contribution in [2.45, 2.75) is 13.5 Å². The van der Waals surface area contributed by atoms with Gasteiger partial charge in [0.2, 0.25) is 0 Å². The summed E-state index contributed by atoms with van der Waals surface area (Å²) in [6, 6.07) is 7.04. The Balaban J connectivity index is 2.10. The van der Waals surface area contributed by atoms with Crippen molar-refractivity contribution in [2.75, 3.05) is 0 Å². The smallest absolute Gasteiger partial charge is 0.130 e. The van der Waals surface area contributed by atoms with Gasteiger partial charge in [-0.1, -0.05) is 11.6 Å². The zero-order valence-electron chi connectivity index (χ0n) is 10.8. The number of amidine groups is 1. The number of ether oxygens (including phenoxy) is 1. The lowest BCUT2D eigenvalue weighted by atomic mass is 10.2. The molecular formula is C13H15ClN4O. The molecule has 1 heterocycles. The molecule has 2 aromatic rings. The van der Waals surface area contributed by atoms with Crippen LogP contribution in [-0.4, -0.2) is 15.6 Å². The second-order valence-electron chi connectivity index (χ2n) is 4.24. The molecule has 0 fully saturated rings. The second-order valence-corrected chi connectivity index (χ2v) is 4.65. The van der Waals surface area contributed by atoms with E-state index < -0.39 is 0 Å². The maximum Gasteiger partial charge on any atom is 0.130 e. The highest BCUT2D eigenvalue weighted by Gasteiger charge is 2.07. The largest absolute Gasteiger partial charge is 0.487 e. The molecule has 6 heteroatoms. The number of benzene rings is 1. The van der Waals surface area contributed by atoms with Crippen LogP contribution in [0.15, 0.2) is 24.3 Å². The van der Waals surface area contributed by atoms with E-state index in [4.69, 9.17) is 27.5 Å². The number of nitrogens with two attached hydrogens (primary N) is 1. The minimum absolute atomic E-state index is 0.0567. The van der Waals surface area contributed by atoms with Gasteiger partial charge in [-0.3, -0.25) is 10.1 Å². The van der Waals surface area contributed by atoms with Gasteiger partial charge in [0, 0.05) is 12.6 Å². The maximum atomic E-state index is 7.35. The number of hydrogen-bond acceptors (Lipinski definition) is 3. The summed E-state index contributed by atoms with van der Waals surface area (Å²) >= 11 is 6.02. The van der Waals surface area contributed by atoms with Gasteiger partial charge in [0.05, 0.1) is 16.4 Å². The Bertz CT molecular complexity index is 621. The zero-order chi connectivity index (χ0) is 14.0. The number of halogens is 1. The Morgan fingerprint density at radius 2 is 2.21 bits per heavy atom. The van der Waals surface area contributed by atoms with Crippen LogP contribution in [-0.2, 0) is 13.7 Å². The summed E-state index contributed by atoms with van der Waals surface area (Å²) < 4.78 is 7.42. The van der Waals surface area contributed by atoms with E-state index in [0.717, 1.165) is 11.4 Å². The highest BCUT2D eigenvalue weighted by molar-refractivity contribution is 6.34. The van der Waals surface area contributed by atoms with Gasteiger partial charge < -0.3 is 10.5 Å². The lowest BCUT2D eigenvalue weighted by Crippen LogP contribution is -2.11. The molecule has 1 aromatic carbocycles. The van der Waals surface area contributed by atoms with E-state index in [-0.39, 0.29) is 5.84 Å². The molecule has 1 aromatic heterocycles. The SMILES string of the molecule is Cc1cc(COc2ccc(C(=N)N)c(Cl)c2)n(C)n1. The summed E-state index contributed by atoms with van der Waals surface area (Å²) in [7, 11) is 1.87. The number of rotatable bonds is 4. The van der Waals surface area contributed by atoms with Crippen LogP contribution in [0.4, 0.5) is 0 Å². The standard InChI is InChI=1S/C13H15ClN4O/c1-8-5-9(18(2)17-8)7-19-10-3-4-11(13(15)16)12(14)6-10/h3-6H,7H2,1-2H3,(H3,15,16). The van der Waals surface area contributed by atoms with Crippen LogP contribution in [0, 0.1) is 12.3 Å². The van der Waals surface area contributed by atoms with E-state index in [9.17, 15) is 0 Å². The summed E-state index contributed by atoms with van der Waals surface area (Å²) in [5, 5.41) is 12.0. The van der Waals surface area contributed by atoms with E-state index in [2.05, 4.69) is 5.10 Å². The van der Waals surface area contributed by atoms with Crippen molar-refractivity contribution >= 4 is 17.4 Å². The molecule has 2 rings (SSSR count). The number of aromatic nitrogens is 2. The molecule has 5 nitrogen and oxygen atoms in total. The van der Waals surface area contributed by atoms with Gasteiger partial charge in [-0.05, 0) is 31.2 Å². The third kappa shape index (κ3) is 3.06. The highest BCUT2D eigenvalue weighted by Crippen LogP contribution is 2.23. The molecule has 19 heavy (non-hydrogen) atoms. The third-order valence-corrected chi connectivity index (χ3v) is 3.03. The molecule has 0 unspecified atom stereocenters. The Labute approximate surface area is 116 Å². The van der Waals surface area contributed by atoms with E-state index in [1.165, 1.54) is 0 Å². The summed E-state index contributed by atoms with van der Waals surface area (Å²) in [5.74, 6) is 0.577. The number of nitrogens with zero attached hydrogens (tertiary/aromatic N) is 2. The van der Waals surface area contributed by atoms with Gasteiger partial charge >= 0.3 is 0 Å². The molecular weight excluding hydrogens is 264 g/mol. The Hall–Kier alpha value is -2.01. The Morgan fingerprint density at radius 1 is 1.47 bits per heavy atom. The lowest BCUT2D eigenvalue weighted by Gasteiger charge is -2.08. The topological polar surface area (TPSA) is 76.9 Å². The van der Waals surface area contributed by atoms with Gasteiger partial charge in [-0.25, -0.2) is 0 Å². The fourth-order valence-corrected chi connectivity index (χ4v) is 2.03. The van der Waals surface area contributed by atoms with Crippen LogP contribution in [0.1, 0.15) is 17.0 Å². The number of hydrogen-bond donors (Lipinski definition) is 2. The van der Waals surface area contributed by atoms with E-state index >= 15 is 0 Å². The molecule has 0 saturated heterocycles. The highest BCUT2D eigenvalue weighted by atomic mass is 35.5. The van der Waals surface area contributed by atoms with E-state index in [0.29, 0.717) is 22.9 Å². The molecule has 0 radical (unpaired) electrons. The molecule has 0 saturated carbocycles. The molecule has 0 aliphatic heterocycles. The summed E-state index contributed by atoms with van der Waals surface area (Å²) in [5.41, 5.74) is 7.83. The zero-order valence-corrected chi connectivity index (χ0v) is 11.5. The number of nitrogens with one attached hydrogen (secondary N) is 1. The monoisotopic (exact) mass is 278 g/mol. The van der Waals surface area contributed by atoms with Crippen molar-refractivity contribution in [3.8, 4) is 5.75 Å². The van der Waals surface area contributed by atoms with Crippen LogP contribution in [0.25, 0.3) is 0 Å². The van der Waals surface area contributed by atoms with Gasteiger partial charge in [0.25, 0.3) is 0 Å². The lowest BCUT2D eigenvalue weighted by molar-refractivity contribution is 0.295. The van der Waals surface area contributed by atoms with Crippen molar-refractivity contribution in [3.63, 3.8) is 0 Å². The quantitative estimate of drug-likeness (QED) is 0.665. The van der Waals surface area contributed by atoms with Gasteiger partial charge in [-0.15, -0.1) is 0 Å². The molecule has 0 aliphatic carbocycles. The van der Waals surface area contributed by atoms with Gasteiger partial charge in [0.1, 0.15) is 18.2 Å². The first-order valence-corrected chi connectivity index (χ1v) is 6.11. The normalized spacial score (nSPS) is 10.5. The predicted octanol–water partition coefficient (Wildman–Crippen LogP) is 2.24. The van der Waals surface area contributed by atoms with Crippen molar-refractivity contribution in [1.29, 1.82) is 5.41 Å². The summed E-state index contributed by atoms with van der Waals surface area (Å²) in [4.78, 5) is 0. The first-order valence-electron chi connectivity index (χ1n) is 5.73. The molecule has 3 N–H and O–H groups in total. The molecule has 0 aliphatic rings. The average Bonchev–Trinajstić information content (AvgIpc) is 2.65. The van der Waals surface area contributed by atoms with Crippen LogP contribution in [0.5, 0.6) is 5.75 Å². The Kier molecular flexibility index (Phi) is 3.76. The van der Waals surface area contributed by atoms with Crippen molar-refractivity contribution in [2.24, 2.45) is 12.8 Å². The van der Waals surface area contributed by atoms with E-state index in [1.807, 2.05) is 20.0 Å². The van der Waals surface area contributed by atoms with Crippen LogP contribution in [0.2, 0.25) is 5.02 Å². The molecule has 0 spiro atoms. The van der Waals surface area contributed by atoms with Crippen LogP contribution in [0.3, 0.4) is 0 Å². The summed E-state index contributed by atoms with van der Waals surface area (Å²) in [6.07, 6.45) is 0. The van der Waals surface area contributed by atoms with Gasteiger partial charge in [-0.2, -0.15) is 5.10 Å². The minimum atomic E-state index is -0.0567. The fraction of sp³-hybridized carbons (Fsp3) is 0.231. The molecule has 100 valence electrons. The van der Waals surface area contributed by atoms with Crippen LogP contribution < -0.4 is 10.5 Å². The first kappa shape index (κ1) is 13.4. The third-order valence-electron chi connectivity index (χ3n) is 2.72. The fourth-order valence-electron chi connectivity index (χ4n) is 1.76. The second kappa shape index (κ2) is 5.32. The predicted molar refractivity (Wildman–Crippen MR) is 74.7 cm³/mol. The minimum Gasteiger partial charge on any atom is -0.487 e. The number of aryl methyl sites for hydroxylation is 2.